The monoisotopic (exact) mass is 281 g/mol. The summed E-state index contributed by atoms with van der Waals surface area (Å²) in [4.78, 5) is 0. The lowest BCUT2D eigenvalue weighted by Crippen LogP contribution is -2.42. The van der Waals surface area contributed by atoms with Gasteiger partial charge in [0.2, 0.25) is 0 Å². The molecule has 1 aliphatic rings. The van der Waals surface area contributed by atoms with Gasteiger partial charge in [0.15, 0.2) is 9.84 Å². The van der Waals surface area contributed by atoms with Gasteiger partial charge in [-0.1, -0.05) is 18.2 Å². The van der Waals surface area contributed by atoms with Crippen LogP contribution in [0.5, 0.6) is 0 Å². The molecule has 0 saturated heterocycles. The molecular weight excluding hydrogens is 258 g/mol. The summed E-state index contributed by atoms with van der Waals surface area (Å²) in [5.74, 6) is 0. The van der Waals surface area contributed by atoms with Crippen LogP contribution in [0.15, 0.2) is 18.2 Å². The van der Waals surface area contributed by atoms with Gasteiger partial charge in [0.1, 0.15) is 0 Å². The second kappa shape index (κ2) is 4.91. The first-order valence-corrected chi connectivity index (χ1v) is 8.69. The predicted octanol–water partition coefficient (Wildman–Crippen LogP) is 2.39. The molecule has 2 N–H and O–H groups in total. The molecule has 0 heterocycles. The van der Waals surface area contributed by atoms with Crippen molar-refractivity contribution in [3.8, 4) is 0 Å². The number of benzene rings is 1. The van der Waals surface area contributed by atoms with Crippen LogP contribution in [-0.4, -0.2) is 19.4 Å². The zero-order valence-corrected chi connectivity index (χ0v) is 12.8. The summed E-state index contributed by atoms with van der Waals surface area (Å²) in [5, 5.41) is 0. The van der Waals surface area contributed by atoms with E-state index in [2.05, 4.69) is 12.1 Å². The van der Waals surface area contributed by atoms with Crippen molar-refractivity contribution >= 4 is 9.84 Å². The fraction of sp³-hybridized carbons (Fsp3) is 0.600. The van der Waals surface area contributed by atoms with Gasteiger partial charge < -0.3 is 5.73 Å². The van der Waals surface area contributed by atoms with E-state index in [1.165, 1.54) is 30.2 Å². The minimum atomic E-state index is -3.20. The smallest absolute Gasteiger partial charge is 0.154 e. The molecule has 1 aromatic carbocycles. The van der Waals surface area contributed by atoms with Gasteiger partial charge >= 0.3 is 0 Å². The molecule has 1 aliphatic carbocycles. The van der Waals surface area contributed by atoms with E-state index < -0.39 is 20.6 Å². The molecule has 4 heteroatoms. The summed E-state index contributed by atoms with van der Waals surface area (Å²) in [6.07, 6.45) is 5.91. The minimum absolute atomic E-state index is 0.491. The Bertz CT molecular complexity index is 576. The lowest BCUT2D eigenvalue weighted by Gasteiger charge is -2.31. The first-order chi connectivity index (χ1) is 8.73. The Kier molecular flexibility index (Phi) is 3.76. The number of hydrogen-bond donors (Lipinski definition) is 1. The fourth-order valence-electron chi connectivity index (χ4n) is 2.58. The molecule has 0 amide bonds. The molecule has 0 radical (unpaired) electrons. The van der Waals surface area contributed by atoms with Crippen molar-refractivity contribution in [2.24, 2.45) is 5.73 Å². The number of aryl methyl sites for hydroxylation is 2. The van der Waals surface area contributed by atoms with Crippen molar-refractivity contribution in [2.45, 2.75) is 50.3 Å². The third kappa shape index (κ3) is 2.70. The average molecular weight is 281 g/mol. The Morgan fingerprint density at radius 2 is 1.74 bits per heavy atom. The van der Waals surface area contributed by atoms with Crippen molar-refractivity contribution in [3.63, 3.8) is 0 Å². The quantitative estimate of drug-likeness (QED) is 0.925. The molecule has 1 atom stereocenters. The molecule has 3 nitrogen and oxygen atoms in total. The molecule has 1 aromatic rings. The van der Waals surface area contributed by atoms with E-state index in [0.717, 1.165) is 18.4 Å². The second-order valence-electron chi connectivity index (χ2n) is 6.09. The molecule has 0 aliphatic heterocycles. The Balaban J connectivity index is 2.37. The minimum Gasteiger partial charge on any atom is -0.323 e. The van der Waals surface area contributed by atoms with Crippen LogP contribution in [0.25, 0.3) is 0 Å². The average Bonchev–Trinajstić information content (AvgIpc) is 2.36. The maximum Gasteiger partial charge on any atom is 0.154 e. The zero-order valence-electron chi connectivity index (χ0n) is 11.9. The fourth-order valence-corrected chi connectivity index (χ4v) is 3.18. The third-order valence-corrected chi connectivity index (χ3v) is 6.60. The molecule has 0 saturated carbocycles. The number of rotatable bonds is 3. The summed E-state index contributed by atoms with van der Waals surface area (Å²) in [6, 6.07) is 5.71. The number of sulfone groups is 1. The predicted molar refractivity (Wildman–Crippen MR) is 78.9 cm³/mol. The number of hydrogen-bond acceptors (Lipinski definition) is 3. The van der Waals surface area contributed by atoms with Crippen LogP contribution in [0.1, 0.15) is 49.4 Å². The lowest BCUT2D eigenvalue weighted by molar-refractivity contribution is 0.496. The van der Waals surface area contributed by atoms with Crippen LogP contribution in [0, 0.1) is 0 Å². The topological polar surface area (TPSA) is 60.2 Å². The van der Waals surface area contributed by atoms with Gasteiger partial charge in [0.25, 0.3) is 0 Å². The summed E-state index contributed by atoms with van der Waals surface area (Å²) in [5.41, 5.74) is 9.86. The molecule has 0 aromatic heterocycles. The standard InChI is InChI=1S/C15H23NO2S/c1-15(2,19(3,17)18)14(16)13-9-8-11-6-4-5-7-12(11)10-13/h8-10,14H,4-7,16H2,1-3H3. The Morgan fingerprint density at radius 3 is 2.32 bits per heavy atom. The summed E-state index contributed by atoms with van der Waals surface area (Å²) < 4.78 is 22.8. The van der Waals surface area contributed by atoms with Crippen molar-refractivity contribution in [2.75, 3.05) is 6.26 Å². The van der Waals surface area contributed by atoms with Crippen LogP contribution in [-0.2, 0) is 22.7 Å². The molecule has 0 bridgehead atoms. The van der Waals surface area contributed by atoms with Gasteiger partial charge in [0.05, 0.1) is 4.75 Å². The van der Waals surface area contributed by atoms with Crippen molar-refractivity contribution < 1.29 is 8.42 Å². The normalized spacial score (nSPS) is 17.9. The van der Waals surface area contributed by atoms with Gasteiger partial charge in [-0.15, -0.1) is 0 Å². The van der Waals surface area contributed by atoms with Gasteiger partial charge in [-0.2, -0.15) is 0 Å². The molecule has 19 heavy (non-hydrogen) atoms. The van der Waals surface area contributed by atoms with Crippen LogP contribution in [0.3, 0.4) is 0 Å². The second-order valence-corrected chi connectivity index (χ2v) is 8.69. The first kappa shape index (κ1) is 14.5. The molecule has 1 unspecified atom stereocenters. The van der Waals surface area contributed by atoms with E-state index in [-0.39, 0.29) is 0 Å². The van der Waals surface area contributed by atoms with Crippen molar-refractivity contribution in [1.29, 1.82) is 0 Å². The Labute approximate surface area is 116 Å². The summed E-state index contributed by atoms with van der Waals surface area (Å²) in [6.45, 7) is 3.40. The maximum atomic E-state index is 11.9. The van der Waals surface area contributed by atoms with Crippen LogP contribution in [0.2, 0.25) is 0 Å². The molecule has 106 valence electrons. The van der Waals surface area contributed by atoms with E-state index in [9.17, 15) is 8.42 Å². The van der Waals surface area contributed by atoms with E-state index >= 15 is 0 Å². The maximum absolute atomic E-state index is 11.9. The van der Waals surface area contributed by atoms with Crippen LogP contribution < -0.4 is 5.73 Å². The molecule has 0 spiro atoms. The van der Waals surface area contributed by atoms with Gasteiger partial charge in [-0.25, -0.2) is 8.42 Å². The first-order valence-electron chi connectivity index (χ1n) is 6.80. The highest BCUT2D eigenvalue weighted by atomic mass is 32.2. The Hall–Kier alpha value is -0.870. The number of fused-ring (bicyclic) bond motifs is 1. The SMILES string of the molecule is CC(C)(C(N)c1ccc2c(c1)CCCC2)S(C)(=O)=O. The van der Waals surface area contributed by atoms with Gasteiger partial charge in [0, 0.05) is 12.3 Å². The van der Waals surface area contributed by atoms with Crippen molar-refractivity contribution in [1.82, 2.24) is 0 Å². The van der Waals surface area contributed by atoms with E-state index in [1.54, 1.807) is 13.8 Å². The molecular formula is C15H23NO2S. The zero-order chi connectivity index (χ0) is 14.3. The summed E-state index contributed by atoms with van der Waals surface area (Å²) in [7, 11) is -3.20. The van der Waals surface area contributed by atoms with E-state index in [1.807, 2.05) is 6.07 Å². The lowest BCUT2D eigenvalue weighted by atomic mass is 9.87. The summed E-state index contributed by atoms with van der Waals surface area (Å²) >= 11 is 0. The molecule has 0 fully saturated rings. The van der Waals surface area contributed by atoms with E-state index in [4.69, 9.17) is 5.73 Å². The van der Waals surface area contributed by atoms with E-state index in [0.29, 0.717) is 0 Å². The number of nitrogens with two attached hydrogens (primary N) is 1. The molecule has 2 rings (SSSR count). The van der Waals surface area contributed by atoms with Gasteiger partial charge in [-0.3, -0.25) is 0 Å². The van der Waals surface area contributed by atoms with Crippen LogP contribution >= 0.6 is 0 Å². The highest BCUT2D eigenvalue weighted by Gasteiger charge is 2.37. The highest BCUT2D eigenvalue weighted by molar-refractivity contribution is 7.92. The highest BCUT2D eigenvalue weighted by Crippen LogP contribution is 2.32. The largest absolute Gasteiger partial charge is 0.323 e. The van der Waals surface area contributed by atoms with Gasteiger partial charge in [-0.05, 0) is 56.2 Å². The van der Waals surface area contributed by atoms with Crippen LogP contribution in [0.4, 0.5) is 0 Å². The van der Waals surface area contributed by atoms with Crippen molar-refractivity contribution in [3.05, 3.63) is 34.9 Å². The third-order valence-electron chi connectivity index (χ3n) is 4.44. The Morgan fingerprint density at radius 1 is 1.16 bits per heavy atom.